The van der Waals surface area contributed by atoms with Crippen molar-refractivity contribution in [1.82, 2.24) is 9.97 Å². The Morgan fingerprint density at radius 1 is 1.62 bits per heavy atom. The quantitative estimate of drug-likeness (QED) is 0.629. The first-order valence-corrected chi connectivity index (χ1v) is 5.22. The molecule has 1 saturated heterocycles. The average molecular weight is 246 g/mol. The Morgan fingerprint density at radius 3 is 2.94 bits per heavy atom. The van der Waals surface area contributed by atoms with Gasteiger partial charge in [-0.15, -0.1) is 0 Å². The molecule has 3 atom stereocenters. The molecule has 0 spiro atoms. The summed E-state index contributed by atoms with van der Waals surface area (Å²) in [4.78, 5) is 7.61. The monoisotopic (exact) mass is 245 g/mol. The van der Waals surface area contributed by atoms with Gasteiger partial charge in [-0.05, 0) is 11.6 Å². The van der Waals surface area contributed by atoms with Crippen LogP contribution in [0.5, 0.6) is 0 Å². The number of nitrogens with zero attached hydrogens (tertiary/aromatic N) is 2. The maximum Gasteiger partial charge on any atom is 0.224 e. The van der Waals surface area contributed by atoms with Crippen LogP contribution in [0.4, 0.5) is 5.82 Å². The molecule has 0 aliphatic carbocycles. The highest BCUT2D eigenvalue weighted by atomic mass is 35.5. The largest absolute Gasteiger partial charge is 0.394 e. The lowest BCUT2D eigenvalue weighted by Crippen LogP contribution is -2.24. The molecule has 16 heavy (non-hydrogen) atoms. The SMILES string of the molecule is Nc1nc(Cl)ncc1[C@H]1C[C@H](O)[C@@H](CO)O1. The molecule has 1 aromatic heterocycles. The molecule has 6 nitrogen and oxygen atoms in total. The summed E-state index contributed by atoms with van der Waals surface area (Å²) in [5.41, 5.74) is 6.26. The highest BCUT2D eigenvalue weighted by Crippen LogP contribution is 2.34. The number of aromatic nitrogens is 2. The minimum absolute atomic E-state index is 0.0681. The van der Waals surface area contributed by atoms with Gasteiger partial charge in [-0.3, -0.25) is 0 Å². The van der Waals surface area contributed by atoms with E-state index in [1.807, 2.05) is 0 Å². The molecule has 2 heterocycles. The number of ether oxygens (including phenoxy) is 1. The van der Waals surface area contributed by atoms with E-state index in [1.165, 1.54) is 6.20 Å². The van der Waals surface area contributed by atoms with Crippen molar-refractivity contribution < 1.29 is 14.9 Å². The van der Waals surface area contributed by atoms with Gasteiger partial charge >= 0.3 is 0 Å². The van der Waals surface area contributed by atoms with Crippen LogP contribution in [-0.2, 0) is 4.74 Å². The van der Waals surface area contributed by atoms with Crippen LogP contribution in [-0.4, -0.2) is 39.0 Å². The number of aliphatic hydroxyl groups excluding tert-OH is 2. The van der Waals surface area contributed by atoms with Gasteiger partial charge in [0.2, 0.25) is 5.28 Å². The molecule has 0 radical (unpaired) electrons. The normalized spacial score (nSPS) is 29.6. The van der Waals surface area contributed by atoms with Crippen molar-refractivity contribution in [2.45, 2.75) is 24.7 Å². The first kappa shape index (κ1) is 11.5. The van der Waals surface area contributed by atoms with Crippen molar-refractivity contribution in [1.29, 1.82) is 0 Å². The molecule has 1 fully saturated rings. The van der Waals surface area contributed by atoms with Crippen molar-refractivity contribution in [3.63, 3.8) is 0 Å². The summed E-state index contributed by atoms with van der Waals surface area (Å²) in [6, 6.07) is 0. The maximum absolute atomic E-state index is 9.57. The van der Waals surface area contributed by atoms with Crippen LogP contribution < -0.4 is 5.73 Å². The lowest BCUT2D eigenvalue weighted by atomic mass is 10.1. The van der Waals surface area contributed by atoms with Gasteiger partial charge in [0.05, 0.1) is 18.8 Å². The van der Waals surface area contributed by atoms with E-state index in [2.05, 4.69) is 9.97 Å². The fraction of sp³-hybridized carbons (Fsp3) is 0.556. The van der Waals surface area contributed by atoms with Gasteiger partial charge < -0.3 is 20.7 Å². The highest BCUT2D eigenvalue weighted by molar-refractivity contribution is 6.28. The maximum atomic E-state index is 9.57. The number of rotatable bonds is 2. The second-order valence-electron chi connectivity index (χ2n) is 3.63. The average Bonchev–Trinajstić information content (AvgIpc) is 2.59. The summed E-state index contributed by atoms with van der Waals surface area (Å²) in [5.74, 6) is 0.232. The van der Waals surface area contributed by atoms with E-state index >= 15 is 0 Å². The standard InChI is InChI=1S/C9H12ClN3O3/c10-9-12-2-4(8(11)13-9)6-1-5(15)7(3-14)16-6/h2,5-7,14-15H,1,3H2,(H2,11,12,13)/t5-,6+,7+/m0/s1. The Kier molecular flexibility index (Phi) is 3.25. The fourth-order valence-electron chi connectivity index (χ4n) is 1.72. The molecule has 0 aromatic carbocycles. The number of nitrogen functional groups attached to an aromatic ring is 1. The third-order valence-electron chi connectivity index (χ3n) is 2.57. The topological polar surface area (TPSA) is 101 Å². The zero-order valence-electron chi connectivity index (χ0n) is 8.38. The number of hydrogen-bond donors (Lipinski definition) is 3. The van der Waals surface area contributed by atoms with Crippen molar-refractivity contribution >= 4 is 17.4 Å². The first-order valence-electron chi connectivity index (χ1n) is 4.84. The lowest BCUT2D eigenvalue weighted by molar-refractivity contribution is -0.0225. The molecule has 0 unspecified atom stereocenters. The summed E-state index contributed by atoms with van der Waals surface area (Å²) >= 11 is 5.58. The number of aliphatic hydroxyl groups is 2. The summed E-state index contributed by atoms with van der Waals surface area (Å²) in [7, 11) is 0. The minimum atomic E-state index is -0.704. The summed E-state index contributed by atoms with van der Waals surface area (Å²) < 4.78 is 5.43. The molecule has 7 heteroatoms. The van der Waals surface area contributed by atoms with E-state index in [9.17, 15) is 5.11 Å². The van der Waals surface area contributed by atoms with Crippen molar-refractivity contribution in [2.24, 2.45) is 0 Å². The van der Waals surface area contributed by atoms with Gasteiger partial charge in [-0.1, -0.05) is 0 Å². The van der Waals surface area contributed by atoms with E-state index in [4.69, 9.17) is 27.2 Å². The zero-order valence-corrected chi connectivity index (χ0v) is 9.13. The van der Waals surface area contributed by atoms with E-state index < -0.39 is 18.3 Å². The number of nitrogens with two attached hydrogens (primary N) is 1. The van der Waals surface area contributed by atoms with Gasteiger partial charge in [0, 0.05) is 18.2 Å². The van der Waals surface area contributed by atoms with Crippen molar-refractivity contribution in [2.75, 3.05) is 12.3 Å². The zero-order chi connectivity index (χ0) is 11.7. The summed E-state index contributed by atoms with van der Waals surface area (Å²) in [6.07, 6.45) is 0.150. The van der Waals surface area contributed by atoms with Crippen LogP contribution in [0.15, 0.2) is 6.20 Å². The van der Waals surface area contributed by atoms with Gasteiger partial charge in [-0.25, -0.2) is 9.97 Å². The van der Waals surface area contributed by atoms with Crippen LogP contribution in [0.2, 0.25) is 5.28 Å². The predicted octanol–water partition coefficient (Wildman–Crippen LogP) is -0.105. The van der Waals surface area contributed by atoms with Crippen LogP contribution in [0.3, 0.4) is 0 Å². The van der Waals surface area contributed by atoms with E-state index in [-0.39, 0.29) is 17.7 Å². The molecule has 88 valence electrons. The number of hydrogen-bond acceptors (Lipinski definition) is 6. The lowest BCUT2D eigenvalue weighted by Gasteiger charge is -2.13. The molecule has 0 saturated carbocycles. The Morgan fingerprint density at radius 2 is 2.38 bits per heavy atom. The smallest absolute Gasteiger partial charge is 0.224 e. The Bertz CT molecular complexity index is 390. The van der Waals surface area contributed by atoms with E-state index in [0.717, 1.165) is 0 Å². The van der Waals surface area contributed by atoms with Crippen LogP contribution >= 0.6 is 11.6 Å². The molecule has 2 rings (SSSR count). The van der Waals surface area contributed by atoms with Crippen LogP contribution in [0.25, 0.3) is 0 Å². The Balaban J connectivity index is 2.20. The predicted molar refractivity (Wildman–Crippen MR) is 56.8 cm³/mol. The second-order valence-corrected chi connectivity index (χ2v) is 3.97. The van der Waals surface area contributed by atoms with Crippen molar-refractivity contribution in [3.05, 3.63) is 17.0 Å². The molecule has 1 aliphatic rings. The van der Waals surface area contributed by atoms with Crippen molar-refractivity contribution in [3.8, 4) is 0 Å². The van der Waals surface area contributed by atoms with Gasteiger partial charge in [0.25, 0.3) is 0 Å². The molecule has 1 aliphatic heterocycles. The third-order valence-corrected chi connectivity index (χ3v) is 2.75. The molecule has 0 amide bonds. The third kappa shape index (κ3) is 2.10. The van der Waals surface area contributed by atoms with E-state index in [0.29, 0.717) is 12.0 Å². The summed E-state index contributed by atoms with van der Waals surface area (Å²) in [6.45, 7) is -0.230. The van der Waals surface area contributed by atoms with Crippen LogP contribution in [0, 0.1) is 0 Å². The molecular formula is C9H12ClN3O3. The molecule has 4 N–H and O–H groups in total. The first-order chi connectivity index (χ1) is 7.61. The Labute approximate surface area is 97.0 Å². The highest BCUT2D eigenvalue weighted by Gasteiger charge is 2.35. The number of anilines is 1. The minimum Gasteiger partial charge on any atom is -0.394 e. The van der Waals surface area contributed by atoms with Gasteiger partial charge in [-0.2, -0.15) is 0 Å². The molecule has 1 aromatic rings. The Hall–Kier alpha value is -0.950. The second kappa shape index (κ2) is 4.50. The number of halogens is 1. The molecular weight excluding hydrogens is 234 g/mol. The fourth-order valence-corrected chi connectivity index (χ4v) is 1.86. The van der Waals surface area contributed by atoms with Crippen LogP contribution in [0.1, 0.15) is 18.1 Å². The molecule has 0 bridgehead atoms. The van der Waals surface area contributed by atoms with E-state index in [1.54, 1.807) is 0 Å². The van der Waals surface area contributed by atoms with Gasteiger partial charge in [0.15, 0.2) is 0 Å². The van der Waals surface area contributed by atoms with Gasteiger partial charge in [0.1, 0.15) is 11.9 Å². The summed E-state index contributed by atoms with van der Waals surface area (Å²) in [5, 5.41) is 18.6.